The minimum atomic E-state index is -0.960. The molecule has 0 spiro atoms. The number of carboxylic acids is 1. The number of nitrogens with zero attached hydrogens (tertiary/aromatic N) is 1. The molecule has 2 aromatic rings. The van der Waals surface area contributed by atoms with Crippen LogP contribution in [0.1, 0.15) is 17.7 Å². The highest BCUT2D eigenvalue weighted by Crippen LogP contribution is 2.21. The summed E-state index contributed by atoms with van der Waals surface area (Å²) < 4.78 is 5.46. The van der Waals surface area contributed by atoms with Crippen LogP contribution in [0.15, 0.2) is 34.9 Å². The maximum atomic E-state index is 10.6. The largest absolute Gasteiger partial charge is 0.480 e. The number of nitrogens with two attached hydrogens (primary N) is 1. The Kier molecular flexibility index (Phi) is 5.41. The van der Waals surface area contributed by atoms with Gasteiger partial charge in [-0.1, -0.05) is 17.7 Å². The van der Waals surface area contributed by atoms with Crippen molar-refractivity contribution in [3.8, 4) is 11.5 Å². The fourth-order valence-corrected chi connectivity index (χ4v) is 2.62. The van der Waals surface area contributed by atoms with Crippen LogP contribution in [0.4, 0.5) is 0 Å². The zero-order valence-electron chi connectivity index (χ0n) is 11.8. The van der Waals surface area contributed by atoms with E-state index < -0.39 is 12.0 Å². The van der Waals surface area contributed by atoms with E-state index in [1.807, 2.05) is 31.2 Å². The Morgan fingerprint density at radius 3 is 2.81 bits per heavy atom. The molecule has 0 aliphatic carbocycles. The molecular formula is C15H18N2O3S. The highest BCUT2D eigenvalue weighted by Gasteiger charge is 2.11. The van der Waals surface area contributed by atoms with Gasteiger partial charge in [-0.3, -0.25) is 4.79 Å². The molecule has 0 aliphatic heterocycles. The summed E-state index contributed by atoms with van der Waals surface area (Å²) in [6.07, 6.45) is 2.09. The smallest absolute Gasteiger partial charge is 0.320 e. The number of aromatic nitrogens is 1. The molecule has 0 aliphatic rings. The van der Waals surface area contributed by atoms with Crippen LogP contribution < -0.4 is 5.73 Å². The van der Waals surface area contributed by atoms with Crippen molar-refractivity contribution in [2.24, 2.45) is 5.73 Å². The lowest BCUT2D eigenvalue weighted by atomic mass is 10.1. The van der Waals surface area contributed by atoms with Crippen LogP contribution in [0.2, 0.25) is 0 Å². The number of thioether (sulfide) groups is 1. The van der Waals surface area contributed by atoms with Gasteiger partial charge in [0.25, 0.3) is 0 Å². The molecule has 1 aromatic carbocycles. The molecule has 0 bridgehead atoms. The van der Waals surface area contributed by atoms with Crippen molar-refractivity contribution < 1.29 is 14.3 Å². The lowest BCUT2D eigenvalue weighted by Crippen LogP contribution is -2.30. The van der Waals surface area contributed by atoms with Gasteiger partial charge < -0.3 is 15.3 Å². The maximum absolute atomic E-state index is 10.6. The van der Waals surface area contributed by atoms with Gasteiger partial charge in [0.1, 0.15) is 12.3 Å². The molecule has 1 unspecified atom stereocenters. The molecule has 0 saturated carbocycles. The predicted molar refractivity (Wildman–Crippen MR) is 83.1 cm³/mol. The van der Waals surface area contributed by atoms with E-state index in [2.05, 4.69) is 4.98 Å². The van der Waals surface area contributed by atoms with E-state index in [1.165, 1.54) is 5.56 Å². The summed E-state index contributed by atoms with van der Waals surface area (Å²) in [5.74, 6) is 1.01. The molecule has 0 radical (unpaired) electrons. The first-order valence-electron chi connectivity index (χ1n) is 6.64. The van der Waals surface area contributed by atoms with Gasteiger partial charge in [0, 0.05) is 11.3 Å². The Hall–Kier alpha value is -1.79. The highest BCUT2D eigenvalue weighted by molar-refractivity contribution is 7.98. The average Bonchev–Trinajstić information content (AvgIpc) is 2.93. The Labute approximate surface area is 127 Å². The first kappa shape index (κ1) is 15.6. The summed E-state index contributed by atoms with van der Waals surface area (Å²) in [5.41, 5.74) is 8.43. The monoisotopic (exact) mass is 306 g/mol. The predicted octanol–water partition coefficient (Wildman–Crippen LogP) is 2.69. The van der Waals surface area contributed by atoms with E-state index >= 15 is 0 Å². The first-order chi connectivity index (χ1) is 10.1. The Bertz CT molecular complexity index is 595. The van der Waals surface area contributed by atoms with Crippen LogP contribution in [0.25, 0.3) is 11.5 Å². The van der Waals surface area contributed by atoms with E-state index in [-0.39, 0.29) is 0 Å². The van der Waals surface area contributed by atoms with Crippen LogP contribution in [0.3, 0.4) is 0 Å². The van der Waals surface area contributed by atoms with Gasteiger partial charge in [-0.2, -0.15) is 11.8 Å². The second kappa shape index (κ2) is 7.28. The Balaban J connectivity index is 1.83. The van der Waals surface area contributed by atoms with Gasteiger partial charge in [0.15, 0.2) is 0 Å². The molecule has 21 heavy (non-hydrogen) atoms. The van der Waals surface area contributed by atoms with Crippen LogP contribution >= 0.6 is 11.8 Å². The molecule has 6 heteroatoms. The van der Waals surface area contributed by atoms with Crippen molar-refractivity contribution in [2.45, 2.75) is 25.1 Å². The van der Waals surface area contributed by atoms with Crippen LogP contribution in [-0.4, -0.2) is 27.9 Å². The van der Waals surface area contributed by atoms with Gasteiger partial charge in [-0.15, -0.1) is 0 Å². The van der Waals surface area contributed by atoms with Crippen molar-refractivity contribution in [2.75, 3.05) is 5.75 Å². The second-order valence-corrected chi connectivity index (χ2v) is 5.90. The lowest BCUT2D eigenvalue weighted by Gasteiger charge is -2.04. The summed E-state index contributed by atoms with van der Waals surface area (Å²) in [6.45, 7) is 2.03. The van der Waals surface area contributed by atoms with Crippen molar-refractivity contribution in [3.63, 3.8) is 0 Å². The molecule has 1 heterocycles. The number of carbonyl (C=O) groups is 1. The lowest BCUT2D eigenvalue weighted by molar-refractivity contribution is -0.138. The zero-order chi connectivity index (χ0) is 15.2. The van der Waals surface area contributed by atoms with Gasteiger partial charge in [0.05, 0.1) is 5.69 Å². The molecule has 5 nitrogen and oxygen atoms in total. The van der Waals surface area contributed by atoms with E-state index in [0.717, 1.165) is 11.3 Å². The summed E-state index contributed by atoms with van der Waals surface area (Å²) in [5, 5.41) is 8.69. The average molecular weight is 306 g/mol. The number of hydrogen-bond acceptors (Lipinski definition) is 5. The van der Waals surface area contributed by atoms with Crippen molar-refractivity contribution in [3.05, 3.63) is 41.8 Å². The molecular weight excluding hydrogens is 288 g/mol. The third-order valence-corrected chi connectivity index (χ3v) is 4.01. The SMILES string of the molecule is Cc1ccc(-c2nc(CSCCC(N)C(=O)O)co2)cc1. The fraction of sp³-hybridized carbons (Fsp3) is 0.333. The second-order valence-electron chi connectivity index (χ2n) is 4.80. The summed E-state index contributed by atoms with van der Waals surface area (Å²) in [4.78, 5) is 15.0. The van der Waals surface area contributed by atoms with Crippen LogP contribution in [0, 0.1) is 6.92 Å². The van der Waals surface area contributed by atoms with Crippen LogP contribution in [0.5, 0.6) is 0 Å². The number of aryl methyl sites for hydroxylation is 1. The Morgan fingerprint density at radius 2 is 2.14 bits per heavy atom. The quantitative estimate of drug-likeness (QED) is 0.764. The topological polar surface area (TPSA) is 89.3 Å². The van der Waals surface area contributed by atoms with Crippen molar-refractivity contribution in [1.82, 2.24) is 4.98 Å². The Morgan fingerprint density at radius 1 is 1.43 bits per heavy atom. The molecule has 0 saturated heterocycles. The van der Waals surface area contributed by atoms with Gasteiger partial charge in [-0.05, 0) is 31.2 Å². The third-order valence-electron chi connectivity index (χ3n) is 2.99. The number of rotatable bonds is 7. The van der Waals surface area contributed by atoms with Gasteiger partial charge >= 0.3 is 5.97 Å². The molecule has 1 atom stereocenters. The summed E-state index contributed by atoms with van der Waals surface area (Å²) in [7, 11) is 0. The van der Waals surface area contributed by atoms with Crippen LogP contribution in [-0.2, 0) is 10.5 Å². The van der Waals surface area contributed by atoms with E-state index in [1.54, 1.807) is 18.0 Å². The number of carboxylic acid groups (broad SMARTS) is 1. The van der Waals surface area contributed by atoms with E-state index in [0.29, 0.717) is 23.8 Å². The minimum Gasteiger partial charge on any atom is -0.480 e. The summed E-state index contributed by atoms with van der Waals surface area (Å²) in [6, 6.07) is 7.19. The zero-order valence-corrected chi connectivity index (χ0v) is 12.6. The first-order valence-corrected chi connectivity index (χ1v) is 7.79. The van der Waals surface area contributed by atoms with E-state index in [4.69, 9.17) is 15.3 Å². The number of benzene rings is 1. The molecule has 0 fully saturated rings. The normalized spacial score (nSPS) is 12.3. The molecule has 3 N–H and O–H groups in total. The van der Waals surface area contributed by atoms with Gasteiger partial charge in [0.2, 0.25) is 5.89 Å². The number of oxazole rings is 1. The molecule has 112 valence electrons. The number of hydrogen-bond donors (Lipinski definition) is 2. The standard InChI is InChI=1S/C15H18N2O3S/c1-10-2-4-11(5-3-10)14-17-12(8-20-14)9-21-7-6-13(16)15(18)19/h2-5,8,13H,6-7,9,16H2,1H3,(H,18,19). The van der Waals surface area contributed by atoms with Crippen molar-refractivity contribution in [1.29, 1.82) is 0 Å². The fourth-order valence-electron chi connectivity index (χ4n) is 1.71. The number of aliphatic carboxylic acids is 1. The maximum Gasteiger partial charge on any atom is 0.320 e. The van der Waals surface area contributed by atoms with Crippen molar-refractivity contribution >= 4 is 17.7 Å². The molecule has 0 amide bonds. The van der Waals surface area contributed by atoms with E-state index in [9.17, 15) is 4.79 Å². The van der Waals surface area contributed by atoms with Gasteiger partial charge in [-0.25, -0.2) is 4.98 Å². The molecule has 1 aromatic heterocycles. The molecule has 2 rings (SSSR count). The minimum absolute atomic E-state index is 0.447. The third kappa shape index (κ3) is 4.61. The highest BCUT2D eigenvalue weighted by atomic mass is 32.2. The summed E-state index contributed by atoms with van der Waals surface area (Å²) >= 11 is 1.60.